The molecule has 0 aliphatic carbocycles. The predicted octanol–water partition coefficient (Wildman–Crippen LogP) is 2.67. The van der Waals surface area contributed by atoms with E-state index in [1.807, 2.05) is 34.3 Å². The van der Waals surface area contributed by atoms with Crippen molar-refractivity contribution in [2.75, 3.05) is 13.1 Å². The number of aromatic nitrogens is 4. The standard InChI is InChI=1S/C19H18N6OS/c20-8-16-4-3-14(9-22-16)19(26)25-6-1-2-15(10-25)18-21-5-7-24(18)11-17-12-27-13-23-17/h3-5,7,9,12-13,15H,1-2,6,10-11H2/t15-/m0/s1. The van der Waals surface area contributed by atoms with Gasteiger partial charge in [0.1, 0.15) is 17.6 Å². The third-order valence-electron chi connectivity index (χ3n) is 4.76. The summed E-state index contributed by atoms with van der Waals surface area (Å²) in [6, 6.07) is 5.22. The molecule has 3 aromatic rings. The number of piperidine rings is 1. The lowest BCUT2D eigenvalue weighted by Crippen LogP contribution is -2.39. The number of carbonyl (C=O) groups excluding carboxylic acids is 1. The molecule has 4 rings (SSSR count). The first-order valence-corrected chi connectivity index (χ1v) is 9.72. The number of thiazole rings is 1. The lowest BCUT2D eigenvalue weighted by atomic mass is 9.96. The summed E-state index contributed by atoms with van der Waals surface area (Å²) in [5.41, 5.74) is 3.68. The molecule has 7 nitrogen and oxygen atoms in total. The first-order chi connectivity index (χ1) is 13.2. The fourth-order valence-corrected chi connectivity index (χ4v) is 4.00. The molecule has 136 valence electrons. The Morgan fingerprint density at radius 3 is 3.00 bits per heavy atom. The Balaban J connectivity index is 1.49. The van der Waals surface area contributed by atoms with Gasteiger partial charge in [0.15, 0.2) is 0 Å². The Bertz CT molecular complexity index is 957. The number of amides is 1. The molecule has 1 aliphatic rings. The fraction of sp³-hybridized carbons (Fsp3) is 0.316. The maximum Gasteiger partial charge on any atom is 0.255 e. The van der Waals surface area contributed by atoms with Gasteiger partial charge in [0.05, 0.1) is 23.3 Å². The van der Waals surface area contributed by atoms with E-state index in [9.17, 15) is 4.79 Å². The summed E-state index contributed by atoms with van der Waals surface area (Å²) in [7, 11) is 0. The minimum Gasteiger partial charge on any atom is -0.338 e. The van der Waals surface area contributed by atoms with Gasteiger partial charge >= 0.3 is 0 Å². The van der Waals surface area contributed by atoms with Crippen LogP contribution in [-0.4, -0.2) is 43.4 Å². The largest absolute Gasteiger partial charge is 0.338 e. The van der Waals surface area contributed by atoms with Crippen LogP contribution < -0.4 is 0 Å². The van der Waals surface area contributed by atoms with E-state index in [0.717, 1.165) is 30.9 Å². The molecule has 8 heteroatoms. The maximum atomic E-state index is 12.8. The SMILES string of the molecule is N#Cc1ccc(C(=O)N2CCC[C@H](c3nccn3Cc3cscn3)C2)cn1. The summed E-state index contributed by atoms with van der Waals surface area (Å²) in [5, 5.41) is 10.9. The summed E-state index contributed by atoms with van der Waals surface area (Å²) in [6.45, 7) is 2.05. The second kappa shape index (κ2) is 7.68. The zero-order valence-electron chi connectivity index (χ0n) is 14.7. The van der Waals surface area contributed by atoms with E-state index in [1.54, 1.807) is 23.5 Å². The van der Waals surface area contributed by atoms with Crippen LogP contribution in [0.4, 0.5) is 0 Å². The molecular formula is C19H18N6OS. The number of hydrogen-bond donors (Lipinski definition) is 0. The number of rotatable bonds is 4. The second-order valence-electron chi connectivity index (χ2n) is 6.53. The van der Waals surface area contributed by atoms with Crippen molar-refractivity contribution in [2.24, 2.45) is 0 Å². The van der Waals surface area contributed by atoms with Crippen LogP contribution in [0.25, 0.3) is 0 Å². The highest BCUT2D eigenvalue weighted by atomic mass is 32.1. The van der Waals surface area contributed by atoms with Gasteiger partial charge in [-0.05, 0) is 25.0 Å². The summed E-state index contributed by atoms with van der Waals surface area (Å²) in [5.74, 6) is 1.15. The molecule has 0 unspecified atom stereocenters. The lowest BCUT2D eigenvalue weighted by molar-refractivity contribution is 0.0703. The smallest absolute Gasteiger partial charge is 0.255 e. The third kappa shape index (κ3) is 3.73. The quantitative estimate of drug-likeness (QED) is 0.696. The molecule has 3 aromatic heterocycles. The highest BCUT2D eigenvalue weighted by Gasteiger charge is 2.28. The molecule has 0 radical (unpaired) electrons. The van der Waals surface area contributed by atoms with E-state index in [-0.39, 0.29) is 11.8 Å². The van der Waals surface area contributed by atoms with Gasteiger partial charge in [-0.1, -0.05) is 0 Å². The average molecular weight is 378 g/mol. The molecule has 1 amide bonds. The first kappa shape index (κ1) is 17.4. The fourth-order valence-electron chi connectivity index (χ4n) is 3.45. The van der Waals surface area contributed by atoms with E-state index in [4.69, 9.17) is 5.26 Å². The topological polar surface area (TPSA) is 87.7 Å². The van der Waals surface area contributed by atoms with E-state index in [1.165, 1.54) is 6.20 Å². The molecule has 1 saturated heterocycles. The van der Waals surface area contributed by atoms with Crippen LogP contribution in [-0.2, 0) is 6.54 Å². The van der Waals surface area contributed by atoms with Gasteiger partial charge in [0, 0.05) is 43.0 Å². The number of carbonyl (C=O) groups is 1. The first-order valence-electron chi connectivity index (χ1n) is 8.78. The van der Waals surface area contributed by atoms with Crippen LogP contribution in [0.5, 0.6) is 0 Å². The van der Waals surface area contributed by atoms with Crippen molar-refractivity contribution in [1.29, 1.82) is 5.26 Å². The Kier molecular flexibility index (Phi) is 4.94. The van der Waals surface area contributed by atoms with Crippen molar-refractivity contribution < 1.29 is 4.79 Å². The summed E-state index contributed by atoms with van der Waals surface area (Å²) < 4.78 is 2.12. The zero-order valence-corrected chi connectivity index (χ0v) is 15.5. The molecule has 0 N–H and O–H groups in total. The van der Waals surface area contributed by atoms with Crippen LogP contribution in [0.3, 0.4) is 0 Å². The summed E-state index contributed by atoms with van der Waals surface area (Å²) in [4.78, 5) is 27.6. The molecule has 1 aliphatic heterocycles. The number of pyridine rings is 1. The van der Waals surface area contributed by atoms with Crippen LogP contribution in [0, 0.1) is 11.3 Å². The van der Waals surface area contributed by atoms with Crippen LogP contribution in [0.2, 0.25) is 0 Å². The summed E-state index contributed by atoms with van der Waals surface area (Å²) >= 11 is 1.58. The van der Waals surface area contributed by atoms with Gasteiger partial charge in [0.2, 0.25) is 0 Å². The normalized spacial score (nSPS) is 16.9. The van der Waals surface area contributed by atoms with Gasteiger partial charge in [-0.15, -0.1) is 11.3 Å². The van der Waals surface area contributed by atoms with Crippen molar-refractivity contribution in [3.8, 4) is 6.07 Å². The van der Waals surface area contributed by atoms with E-state index >= 15 is 0 Å². The van der Waals surface area contributed by atoms with Gasteiger partial charge in [-0.2, -0.15) is 5.26 Å². The molecule has 1 fully saturated rings. The number of nitrogens with zero attached hydrogens (tertiary/aromatic N) is 6. The summed E-state index contributed by atoms with van der Waals surface area (Å²) in [6.07, 6.45) is 7.20. The molecule has 0 spiro atoms. The van der Waals surface area contributed by atoms with Crippen molar-refractivity contribution in [3.63, 3.8) is 0 Å². The highest BCUT2D eigenvalue weighted by molar-refractivity contribution is 7.07. The molecule has 0 aromatic carbocycles. The number of hydrogen-bond acceptors (Lipinski definition) is 6. The average Bonchev–Trinajstić information content (AvgIpc) is 3.40. The monoisotopic (exact) mass is 378 g/mol. The number of nitriles is 1. The molecular weight excluding hydrogens is 360 g/mol. The van der Waals surface area contributed by atoms with Crippen LogP contribution >= 0.6 is 11.3 Å². The van der Waals surface area contributed by atoms with Gasteiger partial charge in [0.25, 0.3) is 5.91 Å². The maximum absolute atomic E-state index is 12.8. The zero-order chi connectivity index (χ0) is 18.6. The molecule has 1 atom stereocenters. The highest BCUT2D eigenvalue weighted by Crippen LogP contribution is 2.27. The number of imidazole rings is 1. The Morgan fingerprint density at radius 1 is 1.33 bits per heavy atom. The van der Waals surface area contributed by atoms with Crippen LogP contribution in [0.15, 0.2) is 41.6 Å². The van der Waals surface area contributed by atoms with Crippen molar-refractivity contribution in [3.05, 3.63) is 64.4 Å². The molecule has 4 heterocycles. The minimum atomic E-state index is -0.0469. The van der Waals surface area contributed by atoms with E-state index in [0.29, 0.717) is 24.3 Å². The molecule has 0 bridgehead atoms. The van der Waals surface area contributed by atoms with Crippen molar-refractivity contribution in [1.82, 2.24) is 24.4 Å². The Labute approximate surface area is 160 Å². The minimum absolute atomic E-state index is 0.0469. The van der Waals surface area contributed by atoms with E-state index < -0.39 is 0 Å². The number of likely N-dealkylation sites (tertiary alicyclic amines) is 1. The van der Waals surface area contributed by atoms with Gasteiger partial charge in [-0.25, -0.2) is 15.0 Å². The van der Waals surface area contributed by atoms with E-state index in [2.05, 4.69) is 19.5 Å². The molecule has 27 heavy (non-hydrogen) atoms. The predicted molar refractivity (Wildman–Crippen MR) is 100 cm³/mol. The second-order valence-corrected chi connectivity index (χ2v) is 7.25. The van der Waals surface area contributed by atoms with Crippen molar-refractivity contribution in [2.45, 2.75) is 25.3 Å². The van der Waals surface area contributed by atoms with Gasteiger partial charge < -0.3 is 9.47 Å². The molecule has 0 saturated carbocycles. The van der Waals surface area contributed by atoms with Crippen molar-refractivity contribution >= 4 is 17.2 Å². The van der Waals surface area contributed by atoms with Crippen LogP contribution in [0.1, 0.15) is 46.3 Å². The Morgan fingerprint density at radius 2 is 2.26 bits per heavy atom. The Hall–Kier alpha value is -3.05. The third-order valence-corrected chi connectivity index (χ3v) is 5.40. The van der Waals surface area contributed by atoms with Gasteiger partial charge in [-0.3, -0.25) is 4.79 Å². The lowest BCUT2D eigenvalue weighted by Gasteiger charge is -2.32.